The van der Waals surface area contributed by atoms with E-state index in [-0.39, 0.29) is 0 Å². The van der Waals surface area contributed by atoms with Crippen molar-refractivity contribution in [2.45, 2.75) is 27.2 Å². The van der Waals surface area contributed by atoms with E-state index in [9.17, 15) is 0 Å². The van der Waals surface area contributed by atoms with Crippen LogP contribution in [0.5, 0.6) is 0 Å². The summed E-state index contributed by atoms with van der Waals surface area (Å²) in [6.07, 6.45) is 3.58. The molecule has 0 atom stereocenters. The molecule has 0 spiro atoms. The van der Waals surface area contributed by atoms with E-state index >= 15 is 0 Å². The van der Waals surface area contributed by atoms with E-state index in [2.05, 4.69) is 31.7 Å². The lowest BCUT2D eigenvalue weighted by molar-refractivity contribution is 0.301. The SMILES string of the molecule is C[C](C)CN1CCC=C(C)C1. The molecule has 0 amide bonds. The summed E-state index contributed by atoms with van der Waals surface area (Å²) in [5.41, 5.74) is 1.53. The Morgan fingerprint density at radius 2 is 2.27 bits per heavy atom. The highest BCUT2D eigenvalue weighted by Crippen LogP contribution is 2.10. The second kappa shape index (κ2) is 3.91. The van der Waals surface area contributed by atoms with Gasteiger partial charge in [0, 0.05) is 19.6 Å². The molecule has 0 aromatic carbocycles. The van der Waals surface area contributed by atoms with Gasteiger partial charge in [0.15, 0.2) is 0 Å². The van der Waals surface area contributed by atoms with Gasteiger partial charge in [0.1, 0.15) is 0 Å². The predicted molar refractivity (Wildman–Crippen MR) is 49.4 cm³/mol. The molecule has 0 fully saturated rings. The highest BCUT2D eigenvalue weighted by Gasteiger charge is 2.10. The van der Waals surface area contributed by atoms with Crippen LogP contribution in [0.25, 0.3) is 0 Å². The molecule has 0 saturated carbocycles. The van der Waals surface area contributed by atoms with Crippen LogP contribution < -0.4 is 0 Å². The molecule has 0 aliphatic carbocycles. The Labute approximate surface area is 70.1 Å². The van der Waals surface area contributed by atoms with Gasteiger partial charge in [-0.25, -0.2) is 0 Å². The molecule has 1 rings (SSSR count). The molecule has 11 heavy (non-hydrogen) atoms. The third kappa shape index (κ3) is 3.06. The van der Waals surface area contributed by atoms with Crippen molar-refractivity contribution in [3.63, 3.8) is 0 Å². The van der Waals surface area contributed by atoms with Crippen molar-refractivity contribution in [1.29, 1.82) is 0 Å². The lowest BCUT2D eigenvalue weighted by Gasteiger charge is -2.27. The Bertz CT molecular complexity index is 147. The monoisotopic (exact) mass is 152 g/mol. The van der Waals surface area contributed by atoms with Crippen molar-refractivity contribution in [2.75, 3.05) is 19.6 Å². The summed E-state index contributed by atoms with van der Waals surface area (Å²) in [4.78, 5) is 2.50. The van der Waals surface area contributed by atoms with Gasteiger partial charge < -0.3 is 0 Å². The molecule has 1 radical (unpaired) electrons. The van der Waals surface area contributed by atoms with Crippen LogP contribution in [0, 0.1) is 5.92 Å². The van der Waals surface area contributed by atoms with Crippen molar-refractivity contribution in [3.8, 4) is 0 Å². The maximum absolute atomic E-state index is 2.50. The molecule has 0 aromatic heterocycles. The summed E-state index contributed by atoms with van der Waals surface area (Å²) in [7, 11) is 0. The average Bonchev–Trinajstić information content (AvgIpc) is 1.85. The third-order valence-electron chi connectivity index (χ3n) is 1.95. The predicted octanol–water partition coefficient (Wildman–Crippen LogP) is 2.25. The van der Waals surface area contributed by atoms with Gasteiger partial charge in [0.2, 0.25) is 0 Å². The largest absolute Gasteiger partial charge is 0.299 e. The number of rotatable bonds is 2. The zero-order chi connectivity index (χ0) is 8.27. The quantitative estimate of drug-likeness (QED) is 0.549. The lowest BCUT2D eigenvalue weighted by Crippen LogP contribution is -2.31. The van der Waals surface area contributed by atoms with E-state index < -0.39 is 0 Å². The van der Waals surface area contributed by atoms with Gasteiger partial charge in [-0.15, -0.1) is 0 Å². The van der Waals surface area contributed by atoms with Crippen LogP contribution in [-0.4, -0.2) is 24.5 Å². The zero-order valence-corrected chi connectivity index (χ0v) is 7.85. The molecule has 1 heteroatoms. The molecule has 0 saturated heterocycles. The van der Waals surface area contributed by atoms with E-state index in [4.69, 9.17) is 0 Å². The first-order chi connectivity index (χ1) is 5.18. The van der Waals surface area contributed by atoms with Crippen LogP contribution in [0.15, 0.2) is 11.6 Å². The lowest BCUT2D eigenvalue weighted by atomic mass is 10.1. The van der Waals surface area contributed by atoms with Crippen LogP contribution in [0.2, 0.25) is 0 Å². The highest BCUT2D eigenvalue weighted by atomic mass is 15.1. The fourth-order valence-corrected chi connectivity index (χ4v) is 1.57. The first kappa shape index (κ1) is 8.79. The van der Waals surface area contributed by atoms with Gasteiger partial charge in [-0.3, -0.25) is 4.90 Å². The van der Waals surface area contributed by atoms with Gasteiger partial charge in [-0.2, -0.15) is 0 Å². The van der Waals surface area contributed by atoms with Crippen molar-refractivity contribution in [2.24, 2.45) is 0 Å². The minimum Gasteiger partial charge on any atom is -0.299 e. The highest BCUT2D eigenvalue weighted by molar-refractivity contribution is 5.05. The molecular formula is C10H18N. The smallest absolute Gasteiger partial charge is 0.0190 e. The van der Waals surface area contributed by atoms with Crippen LogP contribution in [0.3, 0.4) is 0 Å². The first-order valence-corrected chi connectivity index (χ1v) is 4.35. The molecule has 0 bridgehead atoms. The Morgan fingerprint density at radius 3 is 2.82 bits per heavy atom. The molecule has 0 aromatic rings. The topological polar surface area (TPSA) is 3.24 Å². The van der Waals surface area contributed by atoms with Crippen molar-refractivity contribution >= 4 is 0 Å². The summed E-state index contributed by atoms with van der Waals surface area (Å²) in [6.45, 7) is 10.2. The molecule has 1 aliphatic heterocycles. The van der Waals surface area contributed by atoms with Crippen LogP contribution in [0.1, 0.15) is 27.2 Å². The van der Waals surface area contributed by atoms with Crippen molar-refractivity contribution in [3.05, 3.63) is 17.6 Å². The maximum Gasteiger partial charge on any atom is 0.0190 e. The Kier molecular flexibility index (Phi) is 3.13. The second-order valence-electron chi connectivity index (χ2n) is 3.76. The Balaban J connectivity index is 2.32. The molecule has 1 nitrogen and oxygen atoms in total. The third-order valence-corrected chi connectivity index (χ3v) is 1.95. The first-order valence-electron chi connectivity index (χ1n) is 4.35. The average molecular weight is 152 g/mol. The summed E-state index contributed by atoms with van der Waals surface area (Å²) in [6, 6.07) is 0. The summed E-state index contributed by atoms with van der Waals surface area (Å²) < 4.78 is 0. The number of hydrogen-bond donors (Lipinski definition) is 0. The molecule has 1 aliphatic rings. The second-order valence-corrected chi connectivity index (χ2v) is 3.76. The Morgan fingerprint density at radius 1 is 1.55 bits per heavy atom. The van der Waals surface area contributed by atoms with E-state index in [1.165, 1.54) is 37.5 Å². The fourth-order valence-electron chi connectivity index (χ4n) is 1.57. The molecule has 0 unspecified atom stereocenters. The van der Waals surface area contributed by atoms with Gasteiger partial charge in [0.05, 0.1) is 0 Å². The minimum absolute atomic E-state index is 1.17. The summed E-state index contributed by atoms with van der Waals surface area (Å²) in [5, 5.41) is 0. The van der Waals surface area contributed by atoms with Gasteiger partial charge in [0.25, 0.3) is 0 Å². The molecule has 63 valence electrons. The standard InChI is InChI=1S/C10H18N/c1-9(2)7-11-6-4-5-10(3)8-11/h5H,4,6-8H2,1-3H3. The fraction of sp³-hybridized carbons (Fsp3) is 0.700. The maximum atomic E-state index is 2.50. The molecular weight excluding hydrogens is 134 g/mol. The van der Waals surface area contributed by atoms with Crippen molar-refractivity contribution < 1.29 is 0 Å². The summed E-state index contributed by atoms with van der Waals surface area (Å²) >= 11 is 0. The number of hydrogen-bond acceptors (Lipinski definition) is 1. The minimum atomic E-state index is 1.17. The van der Waals surface area contributed by atoms with E-state index in [0.29, 0.717) is 0 Å². The van der Waals surface area contributed by atoms with E-state index in [1.54, 1.807) is 0 Å². The molecule has 1 heterocycles. The number of nitrogens with zero attached hydrogens (tertiary/aromatic N) is 1. The van der Waals surface area contributed by atoms with Crippen LogP contribution in [0.4, 0.5) is 0 Å². The zero-order valence-electron chi connectivity index (χ0n) is 7.85. The van der Waals surface area contributed by atoms with E-state index in [0.717, 1.165) is 0 Å². The molecule has 0 N–H and O–H groups in total. The van der Waals surface area contributed by atoms with Crippen LogP contribution >= 0.6 is 0 Å². The van der Waals surface area contributed by atoms with Gasteiger partial charge >= 0.3 is 0 Å². The Hall–Kier alpha value is -0.300. The normalized spacial score (nSPS) is 20.5. The van der Waals surface area contributed by atoms with Crippen molar-refractivity contribution in [1.82, 2.24) is 4.90 Å². The summed E-state index contributed by atoms with van der Waals surface area (Å²) in [5.74, 6) is 1.51. The van der Waals surface area contributed by atoms with Gasteiger partial charge in [-0.1, -0.05) is 25.5 Å². The van der Waals surface area contributed by atoms with E-state index in [1.807, 2.05) is 0 Å². The van der Waals surface area contributed by atoms with Crippen LogP contribution in [-0.2, 0) is 0 Å². The van der Waals surface area contributed by atoms with Gasteiger partial charge in [-0.05, 0) is 19.3 Å².